The van der Waals surface area contributed by atoms with Crippen LogP contribution in [0.3, 0.4) is 0 Å². The van der Waals surface area contributed by atoms with Crippen molar-refractivity contribution < 1.29 is 23.1 Å². The molecule has 0 radical (unpaired) electrons. The van der Waals surface area contributed by atoms with E-state index in [4.69, 9.17) is 5.11 Å². The summed E-state index contributed by atoms with van der Waals surface area (Å²) in [5.41, 5.74) is 0.532. The van der Waals surface area contributed by atoms with Crippen LogP contribution in [0.1, 0.15) is 29.3 Å². The van der Waals surface area contributed by atoms with Crippen molar-refractivity contribution in [2.24, 2.45) is 0 Å². The molecular weight excluding hydrogens is 296 g/mol. The quantitative estimate of drug-likeness (QED) is 0.640. The summed E-state index contributed by atoms with van der Waals surface area (Å²) in [5, 5.41) is 11.3. The first-order chi connectivity index (χ1) is 9.84. The largest absolute Gasteiger partial charge is 0.478 e. The van der Waals surface area contributed by atoms with Crippen molar-refractivity contribution in [1.82, 2.24) is 10.0 Å². The van der Waals surface area contributed by atoms with Gasteiger partial charge in [-0.3, -0.25) is 4.79 Å². The van der Waals surface area contributed by atoms with Gasteiger partial charge in [-0.15, -0.1) is 0 Å². The van der Waals surface area contributed by atoms with Crippen LogP contribution in [0.25, 0.3) is 0 Å². The van der Waals surface area contributed by atoms with Gasteiger partial charge in [0.15, 0.2) is 0 Å². The van der Waals surface area contributed by atoms with Crippen LogP contribution in [-0.2, 0) is 20.6 Å². The Morgan fingerprint density at radius 1 is 1.19 bits per heavy atom. The van der Waals surface area contributed by atoms with Crippen LogP contribution in [0.5, 0.6) is 0 Å². The molecule has 116 valence electrons. The smallest absolute Gasteiger partial charge is 0.335 e. The first-order valence-electron chi connectivity index (χ1n) is 6.40. The standard InChI is InChI=1S/C13H18N2O5S/c1-2-7-14-12(16)8-15-21(19,20)9-10-3-5-11(6-4-10)13(17)18/h3-6,15H,2,7-9H2,1H3,(H,14,16)(H,17,18). The molecule has 1 amide bonds. The number of rotatable bonds is 8. The lowest BCUT2D eigenvalue weighted by Crippen LogP contribution is -2.37. The third-order valence-corrected chi connectivity index (χ3v) is 3.88. The summed E-state index contributed by atoms with van der Waals surface area (Å²) in [5.74, 6) is -1.77. The highest BCUT2D eigenvalue weighted by atomic mass is 32.2. The highest BCUT2D eigenvalue weighted by Crippen LogP contribution is 2.07. The Kier molecular flexibility index (Phi) is 6.32. The Labute approximate surface area is 123 Å². The number of hydrogen-bond donors (Lipinski definition) is 3. The van der Waals surface area contributed by atoms with E-state index in [0.717, 1.165) is 6.42 Å². The molecule has 1 rings (SSSR count). The molecule has 0 aromatic heterocycles. The lowest BCUT2D eigenvalue weighted by atomic mass is 10.1. The number of carbonyl (C=O) groups excluding carboxylic acids is 1. The monoisotopic (exact) mass is 314 g/mol. The topological polar surface area (TPSA) is 113 Å². The maximum atomic E-state index is 11.8. The molecule has 0 aliphatic rings. The molecule has 0 aliphatic carbocycles. The molecule has 0 heterocycles. The molecule has 0 spiro atoms. The second kappa shape index (κ2) is 7.75. The summed E-state index contributed by atoms with van der Waals surface area (Å²) in [6.45, 7) is 2.08. The van der Waals surface area contributed by atoms with Gasteiger partial charge in [0.2, 0.25) is 15.9 Å². The van der Waals surface area contributed by atoms with Gasteiger partial charge in [-0.1, -0.05) is 19.1 Å². The third-order valence-electron chi connectivity index (χ3n) is 2.58. The van der Waals surface area contributed by atoms with Gasteiger partial charge in [0.05, 0.1) is 17.9 Å². The average Bonchev–Trinajstić information content (AvgIpc) is 2.43. The molecule has 0 saturated heterocycles. The zero-order valence-corrected chi connectivity index (χ0v) is 12.4. The van der Waals surface area contributed by atoms with Crippen LogP contribution in [0, 0.1) is 0 Å². The summed E-state index contributed by atoms with van der Waals surface area (Å²) in [7, 11) is -3.65. The number of aromatic carboxylic acids is 1. The maximum Gasteiger partial charge on any atom is 0.335 e. The van der Waals surface area contributed by atoms with Crippen molar-refractivity contribution in [3.05, 3.63) is 35.4 Å². The summed E-state index contributed by atoms with van der Waals surface area (Å²) < 4.78 is 25.8. The van der Waals surface area contributed by atoms with E-state index in [9.17, 15) is 18.0 Å². The van der Waals surface area contributed by atoms with Crippen LogP contribution in [0.2, 0.25) is 0 Å². The summed E-state index contributed by atoms with van der Waals surface area (Å²) >= 11 is 0. The molecule has 0 aliphatic heterocycles. The van der Waals surface area contributed by atoms with Gasteiger partial charge in [-0.25, -0.2) is 17.9 Å². The van der Waals surface area contributed by atoms with E-state index in [2.05, 4.69) is 10.0 Å². The normalized spacial score (nSPS) is 11.1. The van der Waals surface area contributed by atoms with E-state index in [-0.39, 0.29) is 23.8 Å². The second-order valence-electron chi connectivity index (χ2n) is 4.43. The molecule has 0 bridgehead atoms. The lowest BCUT2D eigenvalue weighted by molar-refractivity contribution is -0.119. The van der Waals surface area contributed by atoms with E-state index >= 15 is 0 Å². The van der Waals surface area contributed by atoms with Gasteiger partial charge >= 0.3 is 5.97 Å². The highest BCUT2D eigenvalue weighted by molar-refractivity contribution is 7.88. The maximum absolute atomic E-state index is 11.8. The van der Waals surface area contributed by atoms with Gasteiger partial charge in [-0.05, 0) is 24.1 Å². The Hall–Kier alpha value is -1.93. The van der Waals surface area contributed by atoms with Gasteiger partial charge in [-0.2, -0.15) is 0 Å². The highest BCUT2D eigenvalue weighted by Gasteiger charge is 2.13. The molecule has 8 heteroatoms. The predicted octanol–water partition coefficient (Wildman–Crippen LogP) is 0.330. The molecule has 1 aromatic rings. The van der Waals surface area contributed by atoms with E-state index in [1.54, 1.807) is 0 Å². The number of nitrogens with one attached hydrogen (secondary N) is 2. The van der Waals surface area contributed by atoms with Gasteiger partial charge in [0, 0.05) is 6.54 Å². The minimum absolute atomic E-state index is 0.0862. The molecule has 1 aromatic carbocycles. The molecule has 3 N–H and O–H groups in total. The van der Waals surface area contributed by atoms with E-state index < -0.39 is 16.0 Å². The molecule has 0 unspecified atom stereocenters. The molecule has 21 heavy (non-hydrogen) atoms. The third kappa shape index (κ3) is 6.37. The fourth-order valence-electron chi connectivity index (χ4n) is 1.52. The number of carboxylic acid groups (broad SMARTS) is 1. The molecule has 0 saturated carbocycles. The van der Waals surface area contributed by atoms with Crippen LogP contribution in [0.15, 0.2) is 24.3 Å². The second-order valence-corrected chi connectivity index (χ2v) is 6.24. The summed E-state index contributed by atoms with van der Waals surface area (Å²) in [6, 6.07) is 5.53. The van der Waals surface area contributed by atoms with E-state index in [1.807, 2.05) is 6.92 Å². The van der Waals surface area contributed by atoms with Crippen LogP contribution in [-0.4, -0.2) is 38.5 Å². The first kappa shape index (κ1) is 17.1. The van der Waals surface area contributed by atoms with E-state index in [1.165, 1.54) is 24.3 Å². The SMILES string of the molecule is CCCNC(=O)CNS(=O)(=O)Cc1ccc(C(=O)O)cc1. The zero-order chi connectivity index (χ0) is 15.9. The lowest BCUT2D eigenvalue weighted by Gasteiger charge is -2.07. The summed E-state index contributed by atoms with van der Waals surface area (Å²) in [6.07, 6.45) is 0.772. The molecule has 0 fully saturated rings. The van der Waals surface area contributed by atoms with E-state index in [0.29, 0.717) is 12.1 Å². The van der Waals surface area contributed by atoms with Crippen LogP contribution < -0.4 is 10.0 Å². The van der Waals surface area contributed by atoms with Crippen molar-refractivity contribution in [3.8, 4) is 0 Å². The molecule has 0 atom stereocenters. The minimum atomic E-state index is -3.65. The molecular formula is C13H18N2O5S. The number of carbonyl (C=O) groups is 2. The van der Waals surface area contributed by atoms with Crippen molar-refractivity contribution in [1.29, 1.82) is 0 Å². The van der Waals surface area contributed by atoms with Gasteiger partial charge in [0.25, 0.3) is 0 Å². The van der Waals surface area contributed by atoms with Crippen molar-refractivity contribution >= 4 is 21.9 Å². The number of carboxylic acids is 1. The molecule has 7 nitrogen and oxygen atoms in total. The Morgan fingerprint density at radius 3 is 2.33 bits per heavy atom. The number of benzene rings is 1. The van der Waals surface area contributed by atoms with Crippen molar-refractivity contribution in [3.63, 3.8) is 0 Å². The summed E-state index contributed by atoms with van der Waals surface area (Å²) in [4.78, 5) is 22.0. The van der Waals surface area contributed by atoms with Crippen LogP contribution >= 0.6 is 0 Å². The van der Waals surface area contributed by atoms with Crippen molar-refractivity contribution in [2.45, 2.75) is 19.1 Å². The minimum Gasteiger partial charge on any atom is -0.478 e. The Morgan fingerprint density at radius 2 is 1.81 bits per heavy atom. The number of amides is 1. The predicted molar refractivity (Wildman–Crippen MR) is 77.3 cm³/mol. The number of hydrogen-bond acceptors (Lipinski definition) is 4. The Balaban J connectivity index is 2.56. The fourth-order valence-corrected chi connectivity index (χ4v) is 2.60. The zero-order valence-electron chi connectivity index (χ0n) is 11.6. The van der Waals surface area contributed by atoms with Gasteiger partial charge in [0.1, 0.15) is 0 Å². The first-order valence-corrected chi connectivity index (χ1v) is 8.05. The van der Waals surface area contributed by atoms with Crippen LogP contribution in [0.4, 0.5) is 0 Å². The average molecular weight is 314 g/mol. The van der Waals surface area contributed by atoms with Gasteiger partial charge < -0.3 is 10.4 Å². The van der Waals surface area contributed by atoms with Crippen molar-refractivity contribution in [2.75, 3.05) is 13.1 Å². The Bertz CT molecular complexity index is 595. The fraction of sp³-hybridized carbons (Fsp3) is 0.385. The number of sulfonamides is 1.